The molecule has 0 aliphatic carbocycles. The minimum atomic E-state index is -0.310. The Morgan fingerprint density at radius 1 is 1.24 bits per heavy atom. The van der Waals surface area contributed by atoms with E-state index in [1.165, 1.54) is 6.20 Å². The highest BCUT2D eigenvalue weighted by atomic mass is 16.2. The number of H-pyrrole nitrogens is 1. The first-order valence-electron chi connectivity index (χ1n) is 6.65. The van der Waals surface area contributed by atoms with E-state index in [0.29, 0.717) is 17.0 Å². The normalized spacial score (nSPS) is 12.0. The van der Waals surface area contributed by atoms with Crippen LogP contribution in [-0.2, 0) is 0 Å². The summed E-state index contributed by atoms with van der Waals surface area (Å²) in [6, 6.07) is 11.2. The summed E-state index contributed by atoms with van der Waals surface area (Å²) >= 11 is 0. The number of benzene rings is 1. The van der Waals surface area contributed by atoms with Crippen LogP contribution in [0.2, 0.25) is 0 Å². The highest BCUT2D eigenvalue weighted by molar-refractivity contribution is 5.89. The molecular weight excluding hydrogens is 266 g/mol. The molecule has 2 heterocycles. The lowest BCUT2D eigenvalue weighted by Gasteiger charge is -2.14. The Kier molecular flexibility index (Phi) is 3.51. The molecule has 3 rings (SSSR count). The van der Waals surface area contributed by atoms with Crippen molar-refractivity contribution in [3.63, 3.8) is 0 Å². The van der Waals surface area contributed by atoms with Gasteiger partial charge in [0.2, 0.25) is 0 Å². The second kappa shape index (κ2) is 5.62. The maximum absolute atomic E-state index is 12.0. The number of hydrogen-bond donors (Lipinski definition) is 3. The van der Waals surface area contributed by atoms with Crippen molar-refractivity contribution >= 4 is 23.0 Å². The maximum atomic E-state index is 12.0. The topological polar surface area (TPSA) is 82.7 Å². The summed E-state index contributed by atoms with van der Waals surface area (Å²) in [4.78, 5) is 23.4. The first kappa shape index (κ1) is 13.1. The summed E-state index contributed by atoms with van der Waals surface area (Å²) in [5.41, 5.74) is 2.45. The number of anilines is 1. The molecule has 0 spiro atoms. The summed E-state index contributed by atoms with van der Waals surface area (Å²) in [6.45, 7) is 1.93. The zero-order valence-electron chi connectivity index (χ0n) is 11.5. The molecule has 0 aliphatic rings. The van der Waals surface area contributed by atoms with Gasteiger partial charge < -0.3 is 10.3 Å². The van der Waals surface area contributed by atoms with Crippen LogP contribution in [0.1, 0.15) is 18.5 Å². The summed E-state index contributed by atoms with van der Waals surface area (Å²) in [5.74, 6) is 0.417. The van der Waals surface area contributed by atoms with Crippen molar-refractivity contribution < 1.29 is 4.79 Å². The van der Waals surface area contributed by atoms with Crippen LogP contribution in [-0.4, -0.2) is 21.0 Å². The van der Waals surface area contributed by atoms with E-state index in [-0.39, 0.29) is 12.1 Å². The first-order valence-corrected chi connectivity index (χ1v) is 6.65. The molecule has 0 aliphatic heterocycles. The molecule has 0 saturated carbocycles. The average Bonchev–Trinajstić information content (AvgIpc) is 2.95. The molecule has 1 aromatic carbocycles. The van der Waals surface area contributed by atoms with E-state index in [4.69, 9.17) is 0 Å². The van der Waals surface area contributed by atoms with Gasteiger partial charge in [0.25, 0.3) is 0 Å². The highest BCUT2D eigenvalue weighted by Crippen LogP contribution is 2.12. The van der Waals surface area contributed by atoms with Gasteiger partial charge in [0.1, 0.15) is 5.52 Å². The fraction of sp³-hybridized carbons (Fsp3) is 0.133. The van der Waals surface area contributed by atoms with Crippen LogP contribution < -0.4 is 10.6 Å². The summed E-state index contributed by atoms with van der Waals surface area (Å²) in [7, 11) is 0. The molecule has 2 aromatic heterocycles. The van der Waals surface area contributed by atoms with Gasteiger partial charge in [-0.1, -0.05) is 30.3 Å². The Morgan fingerprint density at radius 2 is 2.05 bits per heavy atom. The molecule has 3 aromatic rings. The third-order valence-electron chi connectivity index (χ3n) is 3.15. The highest BCUT2D eigenvalue weighted by Gasteiger charge is 2.10. The number of nitrogens with zero attached hydrogens (tertiary/aromatic N) is 2. The molecule has 2 amide bonds. The van der Waals surface area contributed by atoms with Crippen molar-refractivity contribution in [2.24, 2.45) is 0 Å². The predicted molar refractivity (Wildman–Crippen MR) is 80.9 cm³/mol. The lowest BCUT2D eigenvalue weighted by Crippen LogP contribution is -2.31. The molecule has 0 radical (unpaired) electrons. The number of hydrogen-bond acceptors (Lipinski definition) is 3. The van der Waals surface area contributed by atoms with E-state index >= 15 is 0 Å². The Labute approximate surface area is 121 Å². The number of fused-ring (bicyclic) bond motifs is 1. The minimum Gasteiger partial charge on any atom is -0.345 e. The van der Waals surface area contributed by atoms with E-state index in [1.54, 1.807) is 12.3 Å². The molecule has 3 N–H and O–H groups in total. The number of rotatable bonds is 3. The van der Waals surface area contributed by atoms with Crippen molar-refractivity contribution in [3.8, 4) is 0 Å². The largest absolute Gasteiger partial charge is 0.345 e. The Morgan fingerprint density at radius 3 is 2.86 bits per heavy atom. The number of carbonyl (C=O) groups is 1. The lowest BCUT2D eigenvalue weighted by molar-refractivity contribution is 0.249. The molecular formula is C15H15N5O. The first-order chi connectivity index (χ1) is 10.2. The van der Waals surface area contributed by atoms with Crippen molar-refractivity contribution in [2.75, 3.05) is 5.32 Å². The molecule has 1 atom stereocenters. The molecule has 6 heteroatoms. The smallest absolute Gasteiger partial charge is 0.320 e. The standard InChI is InChI=1S/C15H15N5O/c1-10(11-5-3-2-4-6-11)18-15(21)20-13-9-17-14-12(19-13)7-8-16-14/h2-10H,1H3,(H,16,17)(H2,18,19,20,21)/t10-/m1/s1. The second-order valence-corrected chi connectivity index (χ2v) is 4.70. The number of carbonyl (C=O) groups excluding carboxylic acids is 1. The van der Waals surface area contributed by atoms with E-state index in [9.17, 15) is 4.79 Å². The number of aromatic amines is 1. The molecule has 21 heavy (non-hydrogen) atoms. The summed E-state index contributed by atoms with van der Waals surface area (Å²) < 4.78 is 0. The van der Waals surface area contributed by atoms with E-state index in [2.05, 4.69) is 25.6 Å². The number of aromatic nitrogens is 3. The number of nitrogens with one attached hydrogen (secondary N) is 3. The minimum absolute atomic E-state index is 0.0878. The van der Waals surface area contributed by atoms with Gasteiger partial charge in [0, 0.05) is 6.20 Å². The fourth-order valence-corrected chi connectivity index (χ4v) is 2.06. The zero-order valence-corrected chi connectivity index (χ0v) is 11.5. The van der Waals surface area contributed by atoms with Crippen LogP contribution in [0.3, 0.4) is 0 Å². The lowest BCUT2D eigenvalue weighted by atomic mass is 10.1. The third kappa shape index (κ3) is 3.00. The third-order valence-corrected chi connectivity index (χ3v) is 3.15. The van der Waals surface area contributed by atoms with Gasteiger partial charge in [0.15, 0.2) is 11.5 Å². The van der Waals surface area contributed by atoms with Gasteiger partial charge in [-0.3, -0.25) is 5.32 Å². The van der Waals surface area contributed by atoms with E-state index < -0.39 is 0 Å². The SMILES string of the molecule is C[C@@H](NC(=O)Nc1cnc2[nH]ccc2n1)c1ccccc1. The van der Waals surface area contributed by atoms with Crippen LogP contribution in [0, 0.1) is 0 Å². The van der Waals surface area contributed by atoms with Crippen molar-refractivity contribution in [1.29, 1.82) is 0 Å². The number of amides is 2. The van der Waals surface area contributed by atoms with Crippen molar-refractivity contribution in [1.82, 2.24) is 20.3 Å². The average molecular weight is 281 g/mol. The molecule has 0 unspecified atom stereocenters. The maximum Gasteiger partial charge on any atom is 0.320 e. The monoisotopic (exact) mass is 281 g/mol. The van der Waals surface area contributed by atoms with Gasteiger partial charge in [-0.25, -0.2) is 14.8 Å². The quantitative estimate of drug-likeness (QED) is 0.690. The summed E-state index contributed by atoms with van der Waals surface area (Å²) in [5, 5.41) is 5.55. The van der Waals surface area contributed by atoms with E-state index in [0.717, 1.165) is 5.56 Å². The van der Waals surface area contributed by atoms with Crippen LogP contribution in [0.25, 0.3) is 11.2 Å². The fourth-order valence-electron chi connectivity index (χ4n) is 2.06. The molecule has 6 nitrogen and oxygen atoms in total. The number of urea groups is 1. The molecule has 0 saturated heterocycles. The van der Waals surface area contributed by atoms with E-state index in [1.807, 2.05) is 37.3 Å². The summed E-state index contributed by atoms with van der Waals surface area (Å²) in [6.07, 6.45) is 3.28. The van der Waals surface area contributed by atoms with Gasteiger partial charge in [0.05, 0.1) is 12.2 Å². The van der Waals surface area contributed by atoms with Crippen molar-refractivity contribution in [2.45, 2.75) is 13.0 Å². The predicted octanol–water partition coefficient (Wildman–Crippen LogP) is 2.84. The van der Waals surface area contributed by atoms with Gasteiger partial charge >= 0.3 is 6.03 Å². The second-order valence-electron chi connectivity index (χ2n) is 4.70. The Bertz CT molecular complexity index is 753. The Balaban J connectivity index is 1.66. The molecule has 0 fully saturated rings. The van der Waals surface area contributed by atoms with Crippen LogP contribution in [0.5, 0.6) is 0 Å². The van der Waals surface area contributed by atoms with Crippen LogP contribution >= 0.6 is 0 Å². The zero-order chi connectivity index (χ0) is 14.7. The van der Waals surface area contributed by atoms with Gasteiger partial charge in [-0.15, -0.1) is 0 Å². The van der Waals surface area contributed by atoms with Crippen LogP contribution in [0.4, 0.5) is 10.6 Å². The molecule has 0 bridgehead atoms. The Hall–Kier alpha value is -2.89. The van der Waals surface area contributed by atoms with Gasteiger partial charge in [-0.05, 0) is 18.6 Å². The van der Waals surface area contributed by atoms with Crippen molar-refractivity contribution in [3.05, 3.63) is 54.4 Å². The van der Waals surface area contributed by atoms with Gasteiger partial charge in [-0.2, -0.15) is 0 Å². The molecule has 106 valence electrons. The van der Waals surface area contributed by atoms with Crippen LogP contribution in [0.15, 0.2) is 48.8 Å².